The predicted octanol–water partition coefficient (Wildman–Crippen LogP) is 5.12. The number of hydrogen-bond donors (Lipinski definition) is 0. The number of nitrogens with zero attached hydrogens (tertiary/aromatic N) is 4. The summed E-state index contributed by atoms with van der Waals surface area (Å²) >= 11 is 1.50. The number of benzene rings is 2. The van der Waals surface area contributed by atoms with E-state index in [0.717, 1.165) is 54.6 Å². The van der Waals surface area contributed by atoms with E-state index in [1.54, 1.807) is 0 Å². The molecule has 5 nitrogen and oxygen atoms in total. The molecule has 1 aromatic heterocycles. The van der Waals surface area contributed by atoms with Crippen LogP contribution in [0.25, 0.3) is 11.4 Å². The van der Waals surface area contributed by atoms with E-state index in [2.05, 4.69) is 58.9 Å². The molecular formula is C24H28N4OS. The van der Waals surface area contributed by atoms with E-state index in [-0.39, 0.29) is 11.2 Å². The molecule has 0 saturated heterocycles. The summed E-state index contributed by atoms with van der Waals surface area (Å²) in [5, 5.41) is 9.50. The van der Waals surface area contributed by atoms with Gasteiger partial charge in [0.25, 0.3) is 0 Å². The van der Waals surface area contributed by atoms with Crippen molar-refractivity contribution in [1.82, 2.24) is 14.8 Å². The molecule has 1 unspecified atom stereocenters. The average Bonchev–Trinajstić information content (AvgIpc) is 3.15. The van der Waals surface area contributed by atoms with Crippen LogP contribution >= 0.6 is 11.8 Å². The number of rotatable bonds is 6. The summed E-state index contributed by atoms with van der Waals surface area (Å²) in [7, 11) is 0. The van der Waals surface area contributed by atoms with Crippen LogP contribution in [0.2, 0.25) is 0 Å². The third-order valence-electron chi connectivity index (χ3n) is 5.45. The quantitative estimate of drug-likeness (QED) is 0.519. The van der Waals surface area contributed by atoms with E-state index in [1.807, 2.05) is 30.0 Å². The zero-order valence-electron chi connectivity index (χ0n) is 17.8. The molecule has 3 aromatic rings. The van der Waals surface area contributed by atoms with Crippen LogP contribution in [0.5, 0.6) is 0 Å². The predicted molar refractivity (Wildman–Crippen MR) is 123 cm³/mol. The van der Waals surface area contributed by atoms with Crippen LogP contribution < -0.4 is 4.90 Å². The van der Waals surface area contributed by atoms with Crippen molar-refractivity contribution in [3.05, 3.63) is 59.7 Å². The average molecular weight is 421 g/mol. The van der Waals surface area contributed by atoms with Crippen molar-refractivity contribution >= 4 is 23.4 Å². The Hall–Kier alpha value is -2.60. The molecule has 0 N–H and O–H groups in total. The minimum atomic E-state index is -0.235. The Kier molecular flexibility index (Phi) is 6.23. The fourth-order valence-electron chi connectivity index (χ4n) is 3.99. The Morgan fingerprint density at radius 3 is 2.80 bits per heavy atom. The molecule has 0 fully saturated rings. The number of aromatic nitrogens is 3. The van der Waals surface area contributed by atoms with E-state index >= 15 is 0 Å². The van der Waals surface area contributed by atoms with Gasteiger partial charge in [-0.2, -0.15) is 0 Å². The molecule has 30 heavy (non-hydrogen) atoms. The van der Waals surface area contributed by atoms with E-state index < -0.39 is 0 Å². The van der Waals surface area contributed by atoms with Crippen LogP contribution in [0.1, 0.15) is 37.8 Å². The number of thioether (sulfide) groups is 1. The van der Waals surface area contributed by atoms with E-state index in [1.165, 1.54) is 22.9 Å². The highest BCUT2D eigenvalue weighted by molar-refractivity contribution is 8.00. The third kappa shape index (κ3) is 4.15. The van der Waals surface area contributed by atoms with Crippen LogP contribution in [-0.4, -0.2) is 32.5 Å². The fourth-order valence-corrected chi connectivity index (χ4v) is 4.93. The monoisotopic (exact) mass is 420 g/mol. The van der Waals surface area contributed by atoms with Crippen molar-refractivity contribution in [3.8, 4) is 11.4 Å². The molecule has 0 saturated carbocycles. The highest BCUT2D eigenvalue weighted by Crippen LogP contribution is 2.32. The Morgan fingerprint density at radius 2 is 2.00 bits per heavy atom. The van der Waals surface area contributed by atoms with Gasteiger partial charge in [0.15, 0.2) is 11.0 Å². The van der Waals surface area contributed by atoms with Crippen LogP contribution in [0.15, 0.2) is 53.7 Å². The second-order valence-electron chi connectivity index (χ2n) is 7.81. The number of para-hydroxylation sites is 1. The Labute approximate surface area is 182 Å². The van der Waals surface area contributed by atoms with Gasteiger partial charge in [0.05, 0.1) is 5.25 Å². The third-order valence-corrected chi connectivity index (χ3v) is 6.51. The van der Waals surface area contributed by atoms with Crippen molar-refractivity contribution in [2.45, 2.75) is 57.0 Å². The molecule has 4 rings (SSSR count). The Morgan fingerprint density at radius 1 is 1.17 bits per heavy atom. The molecule has 2 heterocycles. The molecule has 156 valence electrons. The van der Waals surface area contributed by atoms with Crippen molar-refractivity contribution in [1.29, 1.82) is 0 Å². The zero-order valence-corrected chi connectivity index (χ0v) is 18.7. The van der Waals surface area contributed by atoms with Gasteiger partial charge in [0.1, 0.15) is 0 Å². The lowest BCUT2D eigenvalue weighted by Crippen LogP contribution is -2.40. The standard InChI is InChI=1S/C24H28N4OS/c1-4-14-28-22(20-11-7-9-17(2)16-20)25-26-24(28)30-18(3)23(29)27-15-8-12-19-10-5-6-13-21(19)27/h5-7,9-11,13,16,18H,4,8,12,14-15H2,1-3H3. The number of carbonyl (C=O) groups is 1. The maximum absolute atomic E-state index is 13.3. The summed E-state index contributed by atoms with van der Waals surface area (Å²) in [6.45, 7) is 7.80. The van der Waals surface area contributed by atoms with Gasteiger partial charge in [0.2, 0.25) is 5.91 Å². The van der Waals surface area contributed by atoms with Crippen LogP contribution in [-0.2, 0) is 17.8 Å². The van der Waals surface area contributed by atoms with E-state index in [0.29, 0.717) is 0 Å². The minimum Gasteiger partial charge on any atom is -0.311 e. The summed E-state index contributed by atoms with van der Waals surface area (Å²) in [5.41, 5.74) is 4.56. The minimum absolute atomic E-state index is 0.135. The van der Waals surface area contributed by atoms with Crippen LogP contribution in [0.3, 0.4) is 0 Å². The smallest absolute Gasteiger partial charge is 0.240 e. The highest BCUT2D eigenvalue weighted by atomic mass is 32.2. The molecule has 0 spiro atoms. The van der Waals surface area contributed by atoms with Crippen LogP contribution in [0.4, 0.5) is 5.69 Å². The molecule has 1 amide bonds. The molecular weight excluding hydrogens is 392 g/mol. The number of fused-ring (bicyclic) bond motifs is 1. The summed E-state index contributed by atoms with van der Waals surface area (Å²) in [6, 6.07) is 16.6. The maximum atomic E-state index is 13.3. The first-order valence-corrected chi connectivity index (χ1v) is 11.5. The number of hydrogen-bond acceptors (Lipinski definition) is 4. The first-order chi connectivity index (χ1) is 14.6. The SMILES string of the molecule is CCCn1c(SC(C)C(=O)N2CCCc3ccccc32)nnc1-c1cccc(C)c1. The summed E-state index contributed by atoms with van der Waals surface area (Å²) in [6.07, 6.45) is 3.02. The summed E-state index contributed by atoms with van der Waals surface area (Å²) < 4.78 is 2.15. The number of carbonyl (C=O) groups excluding carboxylic acids is 1. The lowest BCUT2D eigenvalue weighted by molar-refractivity contribution is -0.117. The normalized spacial score (nSPS) is 14.4. The number of amides is 1. The molecule has 1 atom stereocenters. The second kappa shape index (κ2) is 9.04. The molecule has 1 aliphatic heterocycles. The largest absolute Gasteiger partial charge is 0.311 e. The van der Waals surface area contributed by atoms with Gasteiger partial charge in [-0.1, -0.05) is 60.6 Å². The molecule has 1 aliphatic rings. The highest BCUT2D eigenvalue weighted by Gasteiger charge is 2.28. The molecule has 0 aliphatic carbocycles. The molecule has 2 aromatic carbocycles. The van der Waals surface area contributed by atoms with Crippen molar-refractivity contribution < 1.29 is 4.79 Å². The van der Waals surface area contributed by atoms with Gasteiger partial charge < -0.3 is 9.47 Å². The molecule has 0 radical (unpaired) electrons. The van der Waals surface area contributed by atoms with Gasteiger partial charge in [-0.25, -0.2) is 0 Å². The van der Waals surface area contributed by atoms with E-state index in [4.69, 9.17) is 0 Å². The van der Waals surface area contributed by atoms with Crippen molar-refractivity contribution in [2.24, 2.45) is 0 Å². The summed E-state index contributed by atoms with van der Waals surface area (Å²) in [5.74, 6) is 1.00. The Balaban J connectivity index is 1.58. The fraction of sp³-hybridized carbons (Fsp3) is 0.375. The van der Waals surface area contributed by atoms with Gasteiger partial charge >= 0.3 is 0 Å². The summed E-state index contributed by atoms with van der Waals surface area (Å²) in [4.78, 5) is 15.2. The lowest BCUT2D eigenvalue weighted by atomic mass is 10.0. The van der Waals surface area contributed by atoms with Crippen molar-refractivity contribution in [2.75, 3.05) is 11.4 Å². The second-order valence-corrected chi connectivity index (χ2v) is 9.12. The Bertz CT molecular complexity index is 1050. The van der Waals surface area contributed by atoms with E-state index in [9.17, 15) is 4.79 Å². The van der Waals surface area contributed by atoms with Gasteiger partial charge in [0, 0.05) is 24.3 Å². The van der Waals surface area contributed by atoms with Gasteiger partial charge in [-0.05, 0) is 50.8 Å². The maximum Gasteiger partial charge on any atom is 0.240 e. The molecule has 6 heteroatoms. The molecule has 0 bridgehead atoms. The zero-order chi connectivity index (χ0) is 21.1. The first-order valence-electron chi connectivity index (χ1n) is 10.6. The number of anilines is 1. The van der Waals surface area contributed by atoms with Crippen molar-refractivity contribution in [3.63, 3.8) is 0 Å². The van der Waals surface area contributed by atoms with Gasteiger partial charge in [-0.15, -0.1) is 10.2 Å². The van der Waals surface area contributed by atoms with Crippen LogP contribution in [0, 0.1) is 6.92 Å². The topological polar surface area (TPSA) is 51.0 Å². The van der Waals surface area contributed by atoms with Gasteiger partial charge in [-0.3, -0.25) is 4.79 Å². The lowest BCUT2D eigenvalue weighted by Gasteiger charge is -2.31. The first kappa shape index (κ1) is 20.7. The number of aryl methyl sites for hydroxylation is 2.